The summed E-state index contributed by atoms with van der Waals surface area (Å²) in [5, 5.41) is 5.61. The van der Waals surface area contributed by atoms with Crippen LogP contribution in [0.4, 0.5) is 4.79 Å². The van der Waals surface area contributed by atoms with Gasteiger partial charge in [0, 0.05) is 19.8 Å². The van der Waals surface area contributed by atoms with Crippen LogP contribution in [0.1, 0.15) is 26.2 Å². The van der Waals surface area contributed by atoms with E-state index in [9.17, 15) is 4.79 Å². The van der Waals surface area contributed by atoms with Crippen LogP contribution in [0.25, 0.3) is 0 Å². The number of hydrogen-bond acceptors (Lipinski definition) is 3. The highest BCUT2D eigenvalue weighted by Gasteiger charge is 2.16. The third-order valence-electron chi connectivity index (χ3n) is 2.44. The van der Waals surface area contributed by atoms with Crippen LogP contribution in [-0.2, 0) is 9.47 Å². The Morgan fingerprint density at radius 1 is 1.50 bits per heavy atom. The predicted molar refractivity (Wildman–Crippen MR) is 61.5 cm³/mol. The number of rotatable bonds is 7. The SMILES string of the molecule is CCCCOCCNC(=O)NC1CCOC1. The van der Waals surface area contributed by atoms with Gasteiger partial charge < -0.3 is 20.1 Å². The highest BCUT2D eigenvalue weighted by atomic mass is 16.5. The van der Waals surface area contributed by atoms with Crippen LogP contribution in [0.2, 0.25) is 0 Å². The summed E-state index contributed by atoms with van der Waals surface area (Å²) < 4.78 is 10.5. The monoisotopic (exact) mass is 230 g/mol. The minimum Gasteiger partial charge on any atom is -0.380 e. The number of amides is 2. The molecule has 1 aliphatic heterocycles. The van der Waals surface area contributed by atoms with Crippen molar-refractivity contribution in [1.29, 1.82) is 0 Å². The smallest absolute Gasteiger partial charge is 0.315 e. The molecule has 0 spiro atoms. The Kier molecular flexibility index (Phi) is 6.92. The second-order valence-electron chi connectivity index (χ2n) is 3.93. The molecule has 5 nitrogen and oxygen atoms in total. The Hall–Kier alpha value is -0.810. The van der Waals surface area contributed by atoms with Gasteiger partial charge in [-0.2, -0.15) is 0 Å². The first-order valence-electron chi connectivity index (χ1n) is 6.02. The van der Waals surface area contributed by atoms with Crippen molar-refractivity contribution in [2.24, 2.45) is 0 Å². The van der Waals surface area contributed by atoms with E-state index in [1.54, 1.807) is 0 Å². The van der Waals surface area contributed by atoms with E-state index in [0.717, 1.165) is 32.5 Å². The lowest BCUT2D eigenvalue weighted by atomic mass is 10.3. The number of unbranched alkanes of at least 4 members (excludes halogenated alkanes) is 1. The summed E-state index contributed by atoms with van der Waals surface area (Å²) >= 11 is 0. The minimum atomic E-state index is -0.130. The number of urea groups is 1. The summed E-state index contributed by atoms with van der Waals surface area (Å²) in [5.74, 6) is 0. The van der Waals surface area contributed by atoms with E-state index in [2.05, 4.69) is 17.6 Å². The lowest BCUT2D eigenvalue weighted by Crippen LogP contribution is -2.43. The highest BCUT2D eigenvalue weighted by Crippen LogP contribution is 2.02. The van der Waals surface area contributed by atoms with Crippen LogP contribution < -0.4 is 10.6 Å². The van der Waals surface area contributed by atoms with E-state index in [4.69, 9.17) is 9.47 Å². The van der Waals surface area contributed by atoms with E-state index >= 15 is 0 Å². The molecule has 0 aromatic carbocycles. The molecule has 0 aliphatic carbocycles. The predicted octanol–water partition coefficient (Wildman–Crippen LogP) is 0.891. The van der Waals surface area contributed by atoms with Crippen molar-refractivity contribution in [2.45, 2.75) is 32.2 Å². The molecule has 1 saturated heterocycles. The number of carbonyl (C=O) groups excluding carboxylic acids is 1. The van der Waals surface area contributed by atoms with Gasteiger partial charge in [-0.05, 0) is 12.8 Å². The van der Waals surface area contributed by atoms with E-state index in [1.165, 1.54) is 0 Å². The fourth-order valence-electron chi connectivity index (χ4n) is 1.47. The summed E-state index contributed by atoms with van der Waals surface area (Å²) in [7, 11) is 0. The van der Waals surface area contributed by atoms with Gasteiger partial charge in [-0.15, -0.1) is 0 Å². The maximum atomic E-state index is 11.4. The zero-order valence-corrected chi connectivity index (χ0v) is 9.96. The maximum absolute atomic E-state index is 11.4. The Bertz CT molecular complexity index is 194. The zero-order chi connectivity index (χ0) is 11.6. The van der Waals surface area contributed by atoms with E-state index in [1.807, 2.05) is 0 Å². The molecule has 0 bridgehead atoms. The molecule has 1 rings (SSSR count). The molecule has 1 unspecified atom stereocenters. The van der Waals surface area contributed by atoms with Crippen molar-refractivity contribution in [3.8, 4) is 0 Å². The fraction of sp³-hybridized carbons (Fsp3) is 0.909. The number of hydrogen-bond donors (Lipinski definition) is 2. The van der Waals surface area contributed by atoms with Crippen molar-refractivity contribution >= 4 is 6.03 Å². The molecular formula is C11H22N2O3. The molecule has 0 saturated carbocycles. The first-order valence-corrected chi connectivity index (χ1v) is 6.02. The van der Waals surface area contributed by atoms with Gasteiger partial charge in [-0.25, -0.2) is 4.79 Å². The van der Waals surface area contributed by atoms with Crippen LogP contribution >= 0.6 is 0 Å². The molecule has 16 heavy (non-hydrogen) atoms. The molecule has 94 valence electrons. The topological polar surface area (TPSA) is 59.6 Å². The molecule has 2 N–H and O–H groups in total. The molecule has 1 aliphatic rings. The zero-order valence-electron chi connectivity index (χ0n) is 9.96. The Morgan fingerprint density at radius 2 is 2.38 bits per heavy atom. The molecule has 0 aromatic heterocycles. The molecule has 5 heteroatoms. The molecule has 2 amide bonds. The normalized spacial score (nSPS) is 19.7. The number of nitrogens with one attached hydrogen (secondary N) is 2. The van der Waals surface area contributed by atoms with Gasteiger partial charge in [0.1, 0.15) is 0 Å². The van der Waals surface area contributed by atoms with E-state index in [0.29, 0.717) is 19.8 Å². The summed E-state index contributed by atoms with van der Waals surface area (Å²) in [4.78, 5) is 11.4. The molecule has 0 aromatic rings. The second kappa shape index (κ2) is 8.35. The number of carbonyl (C=O) groups is 1. The van der Waals surface area contributed by atoms with Gasteiger partial charge in [-0.1, -0.05) is 13.3 Å². The van der Waals surface area contributed by atoms with Crippen molar-refractivity contribution < 1.29 is 14.3 Å². The standard InChI is InChI=1S/C11H22N2O3/c1-2-3-6-15-8-5-12-11(14)13-10-4-7-16-9-10/h10H,2-9H2,1H3,(H2,12,13,14). The lowest BCUT2D eigenvalue weighted by molar-refractivity contribution is 0.133. The van der Waals surface area contributed by atoms with Crippen molar-refractivity contribution in [1.82, 2.24) is 10.6 Å². The average Bonchev–Trinajstić information content (AvgIpc) is 2.76. The second-order valence-corrected chi connectivity index (χ2v) is 3.93. The highest BCUT2D eigenvalue weighted by molar-refractivity contribution is 5.74. The maximum Gasteiger partial charge on any atom is 0.315 e. The first kappa shape index (κ1) is 13.3. The Morgan fingerprint density at radius 3 is 3.06 bits per heavy atom. The van der Waals surface area contributed by atoms with Gasteiger partial charge >= 0.3 is 6.03 Å². The van der Waals surface area contributed by atoms with Crippen LogP contribution in [0.3, 0.4) is 0 Å². The first-order chi connectivity index (χ1) is 7.83. The summed E-state index contributed by atoms with van der Waals surface area (Å²) in [5.41, 5.74) is 0. The van der Waals surface area contributed by atoms with Crippen molar-refractivity contribution in [2.75, 3.05) is 33.0 Å². The quantitative estimate of drug-likeness (QED) is 0.639. The van der Waals surface area contributed by atoms with Gasteiger partial charge in [0.2, 0.25) is 0 Å². The van der Waals surface area contributed by atoms with Crippen LogP contribution in [-0.4, -0.2) is 45.0 Å². The molecule has 0 radical (unpaired) electrons. The van der Waals surface area contributed by atoms with Crippen LogP contribution in [0.15, 0.2) is 0 Å². The largest absolute Gasteiger partial charge is 0.380 e. The summed E-state index contributed by atoms with van der Waals surface area (Å²) in [6, 6.07) is 0.0376. The van der Waals surface area contributed by atoms with Gasteiger partial charge in [0.25, 0.3) is 0 Å². The molecule has 1 heterocycles. The molecule has 1 atom stereocenters. The van der Waals surface area contributed by atoms with Crippen molar-refractivity contribution in [3.05, 3.63) is 0 Å². The lowest BCUT2D eigenvalue weighted by Gasteiger charge is -2.11. The van der Waals surface area contributed by atoms with Crippen LogP contribution in [0.5, 0.6) is 0 Å². The fourth-order valence-corrected chi connectivity index (χ4v) is 1.47. The Labute approximate surface area is 96.9 Å². The third kappa shape index (κ3) is 5.92. The van der Waals surface area contributed by atoms with E-state index < -0.39 is 0 Å². The third-order valence-corrected chi connectivity index (χ3v) is 2.44. The minimum absolute atomic E-state index is 0.130. The molecule has 1 fully saturated rings. The molecular weight excluding hydrogens is 208 g/mol. The van der Waals surface area contributed by atoms with Gasteiger partial charge in [0.05, 0.1) is 19.3 Å². The summed E-state index contributed by atoms with van der Waals surface area (Å²) in [6.45, 7) is 5.40. The van der Waals surface area contributed by atoms with Gasteiger partial charge in [-0.3, -0.25) is 0 Å². The van der Waals surface area contributed by atoms with Gasteiger partial charge in [0.15, 0.2) is 0 Å². The number of ether oxygens (including phenoxy) is 2. The Balaban J connectivity index is 1.89. The average molecular weight is 230 g/mol. The van der Waals surface area contributed by atoms with E-state index in [-0.39, 0.29) is 12.1 Å². The summed E-state index contributed by atoms with van der Waals surface area (Å²) in [6.07, 6.45) is 3.11. The van der Waals surface area contributed by atoms with Crippen LogP contribution in [0, 0.1) is 0 Å². The van der Waals surface area contributed by atoms with Crippen molar-refractivity contribution in [3.63, 3.8) is 0 Å².